The minimum absolute atomic E-state index is 0.0516. The highest BCUT2D eigenvalue weighted by Gasteiger charge is 2.38. The highest BCUT2D eigenvalue weighted by Crippen LogP contribution is 2.19. The fourth-order valence-electron chi connectivity index (χ4n) is 9.33. The van der Waals surface area contributed by atoms with Crippen LogP contribution in [0.3, 0.4) is 0 Å². The molecule has 27 heteroatoms. The van der Waals surface area contributed by atoms with Crippen molar-refractivity contribution >= 4 is 64.6 Å². The van der Waals surface area contributed by atoms with E-state index in [1.54, 1.807) is 30.3 Å². The maximum atomic E-state index is 14.5. The van der Waals surface area contributed by atoms with Gasteiger partial charge in [0.1, 0.15) is 42.0 Å². The molecule has 0 aliphatic carbocycles. The number of Topliss-reactive ketones (excluding diaryl/α,β-unsaturated/α-hetero) is 3. The molecule has 1 aliphatic rings. The first kappa shape index (κ1) is 71.8. The van der Waals surface area contributed by atoms with Gasteiger partial charge < -0.3 is 86.5 Å². The van der Waals surface area contributed by atoms with Gasteiger partial charge in [-0.3, -0.25) is 52.7 Å². The van der Waals surface area contributed by atoms with Gasteiger partial charge in [0.05, 0.1) is 24.4 Å². The second-order valence-electron chi connectivity index (χ2n) is 21.1. The summed E-state index contributed by atoms with van der Waals surface area (Å²) in [6.07, 6.45) is -3.43. The van der Waals surface area contributed by atoms with Crippen molar-refractivity contribution in [3.8, 4) is 0 Å². The van der Waals surface area contributed by atoms with Crippen LogP contribution in [0.25, 0.3) is 0 Å². The molecule has 8 amide bonds. The summed E-state index contributed by atoms with van der Waals surface area (Å²) in [5.74, 6) is -12.5. The van der Waals surface area contributed by atoms with Gasteiger partial charge in [-0.05, 0) is 110 Å². The summed E-state index contributed by atoms with van der Waals surface area (Å²) in [4.78, 5) is 153. The summed E-state index contributed by atoms with van der Waals surface area (Å²) < 4.78 is 0. The SMILES string of the molecule is CCCCCCC(=O)C[C@@H](CCN)C(=O)N[C@H](C(=O)C[C@@H](CCN)C(=O)N[C@H]1CCNC(=O)[C@H]([C@@H](C)O)NC(=O)[C@H](CCN)NC(=O)[C@H](CCN)NC(=O)[C@H]([C@@H](C)O)NC(=O)[C@H](Cc2ccccc2)CC(=O)[C@H](CCN)NC1=O)[C@@H](C)O. The van der Waals surface area contributed by atoms with Gasteiger partial charge >= 0.3 is 0 Å². The van der Waals surface area contributed by atoms with Gasteiger partial charge in [0, 0.05) is 50.0 Å². The zero-order chi connectivity index (χ0) is 61.5. The van der Waals surface area contributed by atoms with Gasteiger partial charge in [0.2, 0.25) is 47.3 Å². The molecule has 82 heavy (non-hydrogen) atoms. The lowest BCUT2D eigenvalue weighted by molar-refractivity contribution is -0.137. The average molecular weight is 1160 g/mol. The molecule has 1 aromatic rings. The number of benzene rings is 1. The zero-order valence-electron chi connectivity index (χ0n) is 48.0. The van der Waals surface area contributed by atoms with Crippen molar-refractivity contribution in [2.75, 3.05) is 39.3 Å². The van der Waals surface area contributed by atoms with E-state index in [1.165, 1.54) is 20.8 Å². The van der Waals surface area contributed by atoms with E-state index in [0.717, 1.165) is 19.3 Å². The van der Waals surface area contributed by atoms with Crippen LogP contribution in [0.1, 0.15) is 123 Å². The van der Waals surface area contributed by atoms with Crippen LogP contribution in [-0.4, -0.2) is 180 Å². The van der Waals surface area contributed by atoms with Gasteiger partial charge in [-0.15, -0.1) is 0 Å². The predicted molar refractivity (Wildman–Crippen MR) is 303 cm³/mol. The number of amides is 8. The topological polar surface area (TPSA) is 475 Å². The van der Waals surface area contributed by atoms with Crippen molar-refractivity contribution in [3.05, 3.63) is 35.9 Å². The first-order valence-electron chi connectivity index (χ1n) is 28.5. The maximum Gasteiger partial charge on any atom is 0.245 e. The smallest absolute Gasteiger partial charge is 0.245 e. The van der Waals surface area contributed by atoms with Crippen LogP contribution >= 0.6 is 0 Å². The van der Waals surface area contributed by atoms with Crippen molar-refractivity contribution < 1.29 is 68.1 Å². The van der Waals surface area contributed by atoms with Crippen molar-refractivity contribution in [1.29, 1.82) is 0 Å². The van der Waals surface area contributed by atoms with Gasteiger partial charge in [-0.1, -0.05) is 56.5 Å². The lowest BCUT2D eigenvalue weighted by atomic mass is 9.90. The van der Waals surface area contributed by atoms with Crippen LogP contribution in [0.2, 0.25) is 0 Å². The second-order valence-corrected chi connectivity index (χ2v) is 21.1. The highest BCUT2D eigenvalue weighted by atomic mass is 16.3. The van der Waals surface area contributed by atoms with Crippen molar-refractivity contribution in [2.24, 2.45) is 46.4 Å². The number of nitrogens with two attached hydrogens (primary N) is 5. The Labute approximate surface area is 480 Å². The number of carbonyl (C=O) groups is 11. The molecule has 0 radical (unpaired) electrons. The Hall–Kier alpha value is -6.33. The molecule has 1 aliphatic heterocycles. The third-order valence-electron chi connectivity index (χ3n) is 14.1. The Morgan fingerprint density at radius 1 is 0.610 bits per heavy atom. The molecule has 13 atom stereocenters. The van der Waals surface area contributed by atoms with Crippen molar-refractivity contribution in [2.45, 2.75) is 185 Å². The molecular formula is C55H93N13O14. The average Bonchev–Trinajstić information content (AvgIpc) is 3.43. The fourth-order valence-corrected chi connectivity index (χ4v) is 9.33. The Morgan fingerprint density at radius 2 is 1.13 bits per heavy atom. The normalized spacial score (nSPS) is 23.4. The summed E-state index contributed by atoms with van der Waals surface area (Å²) in [6.45, 7) is 4.63. The van der Waals surface area contributed by atoms with Crippen LogP contribution in [0.5, 0.6) is 0 Å². The van der Waals surface area contributed by atoms with E-state index in [-0.39, 0.29) is 89.9 Å². The number of ketones is 3. The minimum atomic E-state index is -1.72. The summed E-state index contributed by atoms with van der Waals surface area (Å²) in [6, 6.07) is -2.40. The number of unbranched alkanes of at least 4 members (excludes halogenated alkanes) is 3. The molecule has 0 unspecified atom stereocenters. The van der Waals surface area contributed by atoms with Gasteiger partial charge in [-0.2, -0.15) is 0 Å². The van der Waals surface area contributed by atoms with Crippen molar-refractivity contribution in [1.82, 2.24) is 42.5 Å². The number of nitrogens with one attached hydrogen (secondary N) is 8. The number of hydrogen-bond acceptors (Lipinski definition) is 19. The Bertz CT molecular complexity index is 2240. The molecule has 0 saturated carbocycles. The van der Waals surface area contributed by atoms with E-state index in [0.29, 0.717) is 12.0 Å². The van der Waals surface area contributed by atoms with Crippen LogP contribution in [0.15, 0.2) is 30.3 Å². The summed E-state index contributed by atoms with van der Waals surface area (Å²) >= 11 is 0. The molecular weight excluding hydrogens is 1070 g/mol. The minimum Gasteiger partial charge on any atom is -0.391 e. The molecule has 1 saturated heterocycles. The fraction of sp³-hybridized carbons (Fsp3) is 0.691. The van der Waals surface area contributed by atoms with E-state index >= 15 is 0 Å². The Balaban J connectivity index is 2.68. The molecule has 1 aromatic carbocycles. The van der Waals surface area contributed by atoms with Crippen LogP contribution in [-0.2, 0) is 59.2 Å². The molecule has 0 bridgehead atoms. The maximum absolute atomic E-state index is 14.5. The Kier molecular flexibility index (Phi) is 33.7. The monoisotopic (exact) mass is 1160 g/mol. The van der Waals surface area contributed by atoms with Gasteiger partial charge in [-0.25, -0.2) is 0 Å². The highest BCUT2D eigenvalue weighted by molar-refractivity contribution is 5.99. The van der Waals surface area contributed by atoms with Gasteiger partial charge in [0.25, 0.3) is 0 Å². The number of aliphatic hydroxyl groups excluding tert-OH is 3. The molecule has 462 valence electrons. The molecule has 1 fully saturated rings. The number of carbonyl (C=O) groups excluding carboxylic acids is 11. The summed E-state index contributed by atoms with van der Waals surface area (Å²) in [5.41, 5.74) is 29.9. The quantitative estimate of drug-likeness (QED) is 0.0338. The third-order valence-corrected chi connectivity index (χ3v) is 14.1. The standard InChI is InChI=1S/C55H93N13O14/c1-5-6-7-11-14-38(72)28-35(15-21-56)49(76)66-45(31(2)69)44(74)29-36(16-22-57)48(75)63-42-20-26-61-54(81)46(32(3)70)68-53(80)41(19-25-60)64-51(78)40(18-24-59)65-55(82)47(33(4)71)67-50(77)37(27-34-12-9-8-10-13-34)30-43(73)39(17-23-58)62-52(42)79/h8-10,12-13,31-33,35-37,39-42,45-47,69-71H,5-7,11,14-30,56-60H2,1-4H3,(H,61,81)(H,62,79)(H,63,75)(H,64,78)(H,65,82)(H,66,76)(H,67,77)(H,68,80)/t31-,32-,33-,35-,36-,37-,39+,40+,41+,42+,45+,46+,47+/m1/s1. The lowest BCUT2D eigenvalue weighted by Crippen LogP contribution is -2.61. The van der Waals surface area contributed by atoms with Crippen LogP contribution in [0, 0.1) is 17.8 Å². The molecule has 2 rings (SSSR count). The number of hydrogen-bond donors (Lipinski definition) is 16. The molecule has 27 nitrogen and oxygen atoms in total. The largest absolute Gasteiger partial charge is 0.391 e. The lowest BCUT2D eigenvalue weighted by Gasteiger charge is -2.28. The van der Waals surface area contributed by atoms with Gasteiger partial charge in [0.15, 0.2) is 11.6 Å². The van der Waals surface area contributed by atoms with Crippen LogP contribution < -0.4 is 71.2 Å². The Morgan fingerprint density at radius 3 is 1.68 bits per heavy atom. The molecule has 0 spiro atoms. The van der Waals surface area contributed by atoms with E-state index < -0.39 is 163 Å². The van der Waals surface area contributed by atoms with E-state index in [4.69, 9.17) is 28.7 Å². The van der Waals surface area contributed by atoms with E-state index in [1.807, 2.05) is 6.92 Å². The summed E-state index contributed by atoms with van der Waals surface area (Å²) in [7, 11) is 0. The summed E-state index contributed by atoms with van der Waals surface area (Å²) in [5, 5.41) is 52.5. The molecule has 21 N–H and O–H groups in total. The first-order valence-corrected chi connectivity index (χ1v) is 28.5. The zero-order valence-corrected chi connectivity index (χ0v) is 48.0. The van der Waals surface area contributed by atoms with Crippen molar-refractivity contribution in [3.63, 3.8) is 0 Å². The molecule has 0 aromatic heterocycles. The number of aliphatic hydroxyl groups is 3. The third kappa shape index (κ3) is 25.0. The van der Waals surface area contributed by atoms with Crippen LogP contribution in [0.4, 0.5) is 0 Å². The van der Waals surface area contributed by atoms with E-state index in [9.17, 15) is 68.1 Å². The molecule has 1 heterocycles. The predicted octanol–water partition coefficient (Wildman–Crippen LogP) is -4.27. The number of rotatable bonds is 29. The second kappa shape index (κ2) is 38.4. The van der Waals surface area contributed by atoms with E-state index in [2.05, 4.69) is 42.5 Å². The first-order chi connectivity index (χ1) is 39.0.